The molecule has 1 aromatic heterocycles. The summed E-state index contributed by atoms with van der Waals surface area (Å²) in [5, 5.41) is 0. The highest BCUT2D eigenvalue weighted by Gasteiger charge is 2.29. The maximum absolute atomic E-state index is 13.6. The van der Waals surface area contributed by atoms with Gasteiger partial charge in [0.15, 0.2) is 0 Å². The highest BCUT2D eigenvalue weighted by atomic mass is 32.2. The largest absolute Gasteiger partial charge is 0.492 e. The van der Waals surface area contributed by atoms with Crippen molar-refractivity contribution in [1.82, 2.24) is 8.87 Å². The third kappa shape index (κ3) is 5.05. The van der Waals surface area contributed by atoms with Crippen LogP contribution >= 0.6 is 0 Å². The zero-order valence-electron chi connectivity index (χ0n) is 18.9. The van der Waals surface area contributed by atoms with E-state index in [2.05, 4.69) is 11.5 Å². The molecule has 0 aliphatic carbocycles. The van der Waals surface area contributed by atoms with Gasteiger partial charge in [-0.05, 0) is 75.0 Å². The van der Waals surface area contributed by atoms with Crippen LogP contribution in [0.25, 0.3) is 6.08 Å². The first-order valence-corrected chi connectivity index (χ1v) is 12.5. The summed E-state index contributed by atoms with van der Waals surface area (Å²) in [6.07, 6.45) is 11.9. The Morgan fingerprint density at radius 3 is 2.62 bits per heavy atom. The fourth-order valence-corrected chi connectivity index (χ4v) is 5.83. The van der Waals surface area contributed by atoms with Crippen LogP contribution in [-0.2, 0) is 27.7 Å². The van der Waals surface area contributed by atoms with E-state index in [1.165, 1.54) is 23.7 Å². The van der Waals surface area contributed by atoms with Gasteiger partial charge in [0.1, 0.15) is 16.9 Å². The zero-order chi connectivity index (χ0) is 23.1. The molecular weight excluding hydrogens is 424 g/mol. The number of likely N-dealkylation sites (tertiary alicyclic amines) is 1. The minimum atomic E-state index is -3.77. The van der Waals surface area contributed by atoms with E-state index in [1.54, 1.807) is 30.5 Å². The van der Waals surface area contributed by atoms with Gasteiger partial charge in [-0.2, -0.15) is 0 Å². The molecule has 2 aromatic rings. The van der Waals surface area contributed by atoms with E-state index in [-0.39, 0.29) is 4.90 Å². The average molecular weight is 457 g/mol. The first-order valence-electron chi connectivity index (χ1n) is 11.1. The van der Waals surface area contributed by atoms with Crippen molar-refractivity contribution in [1.29, 1.82) is 0 Å². The van der Waals surface area contributed by atoms with E-state index in [9.17, 15) is 8.42 Å². The second-order valence-corrected chi connectivity index (χ2v) is 9.72. The molecule has 0 spiro atoms. The standard InChI is InChI=1S/C23H28N2O3S.C2H4O/c1-3-4-9-21-18(2)20(11-15-24-13-5-6-14-24)17-25(21)29(26,27)22-10-7-8-19-12-16-28-23(19)22;1-2-3/h3-4,7-10,17H,1,5-6,11-16H2,2H3;2H,1H3/b9-4-;. The number of fused-ring (bicyclic) bond motifs is 1. The van der Waals surface area contributed by atoms with Gasteiger partial charge in [0.25, 0.3) is 10.0 Å². The van der Waals surface area contributed by atoms with Gasteiger partial charge in [-0.15, -0.1) is 0 Å². The number of hydrogen-bond acceptors (Lipinski definition) is 5. The van der Waals surface area contributed by atoms with Crippen LogP contribution in [0.3, 0.4) is 0 Å². The van der Waals surface area contributed by atoms with Crippen LogP contribution in [0.2, 0.25) is 0 Å². The third-order valence-electron chi connectivity index (χ3n) is 5.88. The SMILES string of the molecule is C=C/C=C\c1c(C)c(CCN2CCCC2)cn1S(=O)(=O)c1cccc2c1OCC2.CC=O. The first-order chi connectivity index (χ1) is 15.4. The molecule has 4 rings (SSSR count). The van der Waals surface area contributed by atoms with Crippen molar-refractivity contribution in [3.63, 3.8) is 0 Å². The smallest absolute Gasteiger partial charge is 0.271 e. The van der Waals surface area contributed by atoms with Gasteiger partial charge >= 0.3 is 0 Å². The summed E-state index contributed by atoms with van der Waals surface area (Å²) >= 11 is 0. The molecule has 3 heterocycles. The third-order valence-corrected chi connectivity index (χ3v) is 7.58. The molecule has 0 amide bonds. The van der Waals surface area contributed by atoms with Gasteiger partial charge < -0.3 is 14.4 Å². The van der Waals surface area contributed by atoms with Crippen molar-refractivity contribution in [2.75, 3.05) is 26.2 Å². The Balaban J connectivity index is 0.000000913. The molecule has 2 aliphatic rings. The topological polar surface area (TPSA) is 68.6 Å². The number of nitrogens with zero attached hydrogens (tertiary/aromatic N) is 2. The molecular formula is C25H32N2O4S. The van der Waals surface area contributed by atoms with Crippen LogP contribution in [0.5, 0.6) is 5.75 Å². The Kier molecular flexibility index (Phi) is 8.10. The monoisotopic (exact) mass is 456 g/mol. The molecule has 32 heavy (non-hydrogen) atoms. The van der Waals surface area contributed by atoms with Gasteiger partial charge in [0.2, 0.25) is 0 Å². The van der Waals surface area contributed by atoms with E-state index in [4.69, 9.17) is 9.53 Å². The lowest BCUT2D eigenvalue weighted by molar-refractivity contribution is -0.106. The van der Waals surface area contributed by atoms with E-state index >= 15 is 0 Å². The van der Waals surface area contributed by atoms with Crippen molar-refractivity contribution in [2.24, 2.45) is 0 Å². The predicted molar refractivity (Wildman–Crippen MR) is 128 cm³/mol. The zero-order valence-corrected chi connectivity index (χ0v) is 19.7. The highest BCUT2D eigenvalue weighted by Crippen LogP contribution is 2.35. The lowest BCUT2D eigenvalue weighted by atomic mass is 10.1. The number of carbonyl (C=O) groups is 1. The van der Waals surface area contributed by atoms with Crippen molar-refractivity contribution in [3.05, 3.63) is 65.5 Å². The Hall–Kier alpha value is -2.64. The van der Waals surface area contributed by atoms with Gasteiger partial charge in [0, 0.05) is 19.2 Å². The van der Waals surface area contributed by atoms with Crippen LogP contribution in [0.15, 0.2) is 48.0 Å². The van der Waals surface area contributed by atoms with Crippen LogP contribution < -0.4 is 4.74 Å². The Morgan fingerprint density at radius 1 is 1.22 bits per heavy atom. The number of para-hydroxylation sites is 1. The number of allylic oxidation sites excluding steroid dienone is 2. The highest BCUT2D eigenvalue weighted by molar-refractivity contribution is 7.90. The number of hydrogen-bond donors (Lipinski definition) is 0. The number of rotatable bonds is 7. The van der Waals surface area contributed by atoms with Crippen LogP contribution in [0.4, 0.5) is 0 Å². The molecule has 172 valence electrons. The minimum absolute atomic E-state index is 0.238. The fraction of sp³-hybridized carbons (Fsp3) is 0.400. The van der Waals surface area contributed by atoms with Gasteiger partial charge in [-0.1, -0.05) is 30.9 Å². The molecule has 0 saturated carbocycles. The lowest BCUT2D eigenvalue weighted by Gasteiger charge is -2.13. The number of aromatic nitrogens is 1. The Bertz CT molecular complexity index is 1090. The summed E-state index contributed by atoms with van der Waals surface area (Å²) < 4.78 is 34.3. The Morgan fingerprint density at radius 2 is 1.94 bits per heavy atom. The average Bonchev–Trinajstić information content (AvgIpc) is 3.52. The van der Waals surface area contributed by atoms with E-state index in [1.807, 2.05) is 19.1 Å². The summed E-state index contributed by atoms with van der Waals surface area (Å²) in [7, 11) is -3.77. The summed E-state index contributed by atoms with van der Waals surface area (Å²) in [5.74, 6) is 0.496. The van der Waals surface area contributed by atoms with E-state index in [0.717, 1.165) is 55.5 Å². The second-order valence-electron chi connectivity index (χ2n) is 7.94. The normalized spacial score (nSPS) is 15.8. The molecule has 1 saturated heterocycles. The summed E-state index contributed by atoms with van der Waals surface area (Å²) in [5.41, 5.74) is 3.70. The maximum atomic E-state index is 13.6. The minimum Gasteiger partial charge on any atom is -0.492 e. The Labute approximate surface area is 191 Å². The summed E-state index contributed by atoms with van der Waals surface area (Å²) in [6.45, 7) is 10.9. The number of ether oxygens (including phenoxy) is 1. The molecule has 0 radical (unpaired) electrons. The first kappa shape index (κ1) is 24.0. The molecule has 1 fully saturated rings. The van der Waals surface area contributed by atoms with Gasteiger partial charge in [-0.25, -0.2) is 12.4 Å². The molecule has 0 bridgehead atoms. The van der Waals surface area contributed by atoms with Crippen molar-refractivity contribution < 1.29 is 17.9 Å². The van der Waals surface area contributed by atoms with Crippen LogP contribution in [0, 0.1) is 6.92 Å². The number of carbonyl (C=O) groups excluding carboxylic acids is 1. The number of aldehydes is 1. The molecule has 2 aliphatic heterocycles. The van der Waals surface area contributed by atoms with Crippen LogP contribution in [-0.4, -0.2) is 49.8 Å². The van der Waals surface area contributed by atoms with Gasteiger partial charge in [-0.3, -0.25) is 0 Å². The molecule has 6 nitrogen and oxygen atoms in total. The number of benzene rings is 1. The molecule has 0 N–H and O–H groups in total. The van der Waals surface area contributed by atoms with Crippen molar-refractivity contribution >= 4 is 22.4 Å². The van der Waals surface area contributed by atoms with E-state index < -0.39 is 10.0 Å². The van der Waals surface area contributed by atoms with Gasteiger partial charge in [0.05, 0.1) is 12.3 Å². The van der Waals surface area contributed by atoms with Crippen molar-refractivity contribution in [3.8, 4) is 5.75 Å². The molecule has 7 heteroatoms. The van der Waals surface area contributed by atoms with Crippen molar-refractivity contribution in [2.45, 2.75) is 44.4 Å². The maximum Gasteiger partial charge on any atom is 0.271 e. The molecule has 0 atom stereocenters. The summed E-state index contributed by atoms with van der Waals surface area (Å²) in [4.78, 5) is 11.5. The molecule has 0 unspecified atom stereocenters. The second kappa shape index (κ2) is 10.8. The van der Waals surface area contributed by atoms with Crippen LogP contribution in [0.1, 0.15) is 42.1 Å². The van der Waals surface area contributed by atoms with E-state index in [0.29, 0.717) is 18.1 Å². The fourth-order valence-electron chi connectivity index (χ4n) is 4.23. The quantitative estimate of drug-likeness (QED) is 0.465. The molecule has 1 aromatic carbocycles. The lowest BCUT2D eigenvalue weighted by Crippen LogP contribution is -2.22. The predicted octanol–water partition coefficient (Wildman–Crippen LogP) is 4.01. The summed E-state index contributed by atoms with van der Waals surface area (Å²) in [6, 6.07) is 5.37.